The standard InChI is InChI=1S/C13H25N3S/c1-2-3-4-5-6-7-8-9-10-15-13-16-11-12(14)17-13/h11H,2-10,14H2,1H3,(H,15,16). The highest BCUT2D eigenvalue weighted by Gasteiger charge is 1.97. The van der Waals surface area contributed by atoms with Crippen molar-refractivity contribution in [3.8, 4) is 0 Å². The summed E-state index contributed by atoms with van der Waals surface area (Å²) in [4.78, 5) is 4.17. The second-order valence-electron chi connectivity index (χ2n) is 4.47. The molecule has 17 heavy (non-hydrogen) atoms. The van der Waals surface area contributed by atoms with Crippen molar-refractivity contribution >= 4 is 21.5 Å². The average molecular weight is 255 g/mol. The van der Waals surface area contributed by atoms with E-state index in [1.807, 2.05) is 0 Å². The van der Waals surface area contributed by atoms with Crippen molar-refractivity contribution in [2.75, 3.05) is 17.6 Å². The normalized spacial score (nSPS) is 10.6. The van der Waals surface area contributed by atoms with E-state index in [0.29, 0.717) is 0 Å². The third-order valence-electron chi connectivity index (χ3n) is 2.83. The summed E-state index contributed by atoms with van der Waals surface area (Å²) in [7, 11) is 0. The predicted molar refractivity (Wildman–Crippen MR) is 77.6 cm³/mol. The second-order valence-corrected chi connectivity index (χ2v) is 5.53. The van der Waals surface area contributed by atoms with Crippen LogP contribution in [0.1, 0.15) is 58.3 Å². The molecule has 0 aliphatic rings. The Morgan fingerprint density at radius 2 is 1.76 bits per heavy atom. The summed E-state index contributed by atoms with van der Waals surface area (Å²) in [6.07, 6.45) is 12.6. The van der Waals surface area contributed by atoms with Crippen LogP contribution in [0.4, 0.5) is 10.1 Å². The van der Waals surface area contributed by atoms with Gasteiger partial charge in [0, 0.05) is 6.54 Å². The summed E-state index contributed by atoms with van der Waals surface area (Å²) in [5.41, 5.74) is 5.60. The van der Waals surface area contributed by atoms with Crippen LogP contribution in [0.3, 0.4) is 0 Å². The number of thiazole rings is 1. The van der Waals surface area contributed by atoms with Crippen LogP contribution in [0.5, 0.6) is 0 Å². The molecule has 0 atom stereocenters. The molecule has 3 N–H and O–H groups in total. The van der Waals surface area contributed by atoms with Crippen LogP contribution in [0.2, 0.25) is 0 Å². The van der Waals surface area contributed by atoms with Crippen LogP contribution in [-0.2, 0) is 0 Å². The number of unbranched alkanes of at least 4 members (excludes halogenated alkanes) is 7. The smallest absolute Gasteiger partial charge is 0.184 e. The minimum absolute atomic E-state index is 0.781. The summed E-state index contributed by atoms with van der Waals surface area (Å²) in [6.45, 7) is 3.28. The van der Waals surface area contributed by atoms with Crippen molar-refractivity contribution in [3.05, 3.63) is 6.20 Å². The average Bonchev–Trinajstić information content (AvgIpc) is 2.73. The maximum Gasteiger partial charge on any atom is 0.184 e. The van der Waals surface area contributed by atoms with E-state index >= 15 is 0 Å². The van der Waals surface area contributed by atoms with Crippen molar-refractivity contribution in [3.63, 3.8) is 0 Å². The number of nitrogen functional groups attached to an aromatic ring is 1. The van der Waals surface area contributed by atoms with Crippen LogP contribution in [-0.4, -0.2) is 11.5 Å². The fourth-order valence-corrected chi connectivity index (χ4v) is 2.43. The molecule has 4 heteroatoms. The zero-order valence-electron chi connectivity index (χ0n) is 10.9. The Hall–Kier alpha value is -0.770. The largest absolute Gasteiger partial charge is 0.389 e. The fraction of sp³-hybridized carbons (Fsp3) is 0.769. The van der Waals surface area contributed by atoms with Gasteiger partial charge in [-0.15, -0.1) is 0 Å². The molecule has 0 bridgehead atoms. The van der Waals surface area contributed by atoms with Gasteiger partial charge in [0.25, 0.3) is 0 Å². The Kier molecular flexibility index (Phi) is 7.80. The van der Waals surface area contributed by atoms with Gasteiger partial charge in [0.15, 0.2) is 5.13 Å². The SMILES string of the molecule is CCCCCCCCCCNc1ncc(N)s1. The van der Waals surface area contributed by atoms with Gasteiger partial charge in [-0.1, -0.05) is 63.2 Å². The minimum atomic E-state index is 0.781. The molecule has 0 spiro atoms. The van der Waals surface area contributed by atoms with Gasteiger partial charge in [-0.3, -0.25) is 0 Å². The van der Waals surface area contributed by atoms with Crippen molar-refractivity contribution < 1.29 is 0 Å². The third kappa shape index (κ3) is 7.21. The van der Waals surface area contributed by atoms with Crippen molar-refractivity contribution in [2.24, 2.45) is 0 Å². The summed E-state index contributed by atoms with van der Waals surface area (Å²) >= 11 is 1.52. The predicted octanol–water partition coefficient (Wildman–Crippen LogP) is 4.28. The number of nitrogens with one attached hydrogen (secondary N) is 1. The highest BCUT2D eigenvalue weighted by atomic mass is 32.1. The van der Waals surface area contributed by atoms with E-state index in [4.69, 9.17) is 5.73 Å². The molecule has 0 aliphatic carbocycles. The fourth-order valence-electron chi connectivity index (χ4n) is 1.82. The van der Waals surface area contributed by atoms with Gasteiger partial charge in [0.05, 0.1) is 6.20 Å². The lowest BCUT2D eigenvalue weighted by Gasteiger charge is -2.03. The minimum Gasteiger partial charge on any atom is -0.389 e. The molecular formula is C13H25N3S. The summed E-state index contributed by atoms with van der Waals surface area (Å²) in [6, 6.07) is 0. The van der Waals surface area contributed by atoms with Crippen LogP contribution in [0.25, 0.3) is 0 Å². The Labute approximate surface area is 109 Å². The lowest BCUT2D eigenvalue weighted by molar-refractivity contribution is 0.581. The van der Waals surface area contributed by atoms with E-state index in [1.165, 1.54) is 62.7 Å². The zero-order valence-corrected chi connectivity index (χ0v) is 11.7. The second kappa shape index (κ2) is 9.28. The molecule has 1 rings (SSSR count). The van der Waals surface area contributed by atoms with E-state index in [1.54, 1.807) is 6.20 Å². The number of rotatable bonds is 10. The molecule has 3 nitrogen and oxygen atoms in total. The number of nitrogens with two attached hydrogens (primary N) is 1. The first-order chi connectivity index (χ1) is 8.33. The molecule has 0 unspecified atom stereocenters. The highest BCUT2D eigenvalue weighted by Crippen LogP contribution is 2.19. The molecule has 1 aromatic heterocycles. The number of nitrogens with zero attached hydrogens (tertiary/aromatic N) is 1. The number of anilines is 2. The Morgan fingerprint density at radius 1 is 1.12 bits per heavy atom. The van der Waals surface area contributed by atoms with Gasteiger partial charge >= 0.3 is 0 Å². The monoisotopic (exact) mass is 255 g/mol. The van der Waals surface area contributed by atoms with Crippen LogP contribution >= 0.6 is 11.3 Å². The van der Waals surface area contributed by atoms with E-state index in [9.17, 15) is 0 Å². The highest BCUT2D eigenvalue weighted by molar-refractivity contribution is 7.19. The summed E-state index contributed by atoms with van der Waals surface area (Å²) in [5, 5.41) is 5.03. The molecule has 0 aliphatic heterocycles. The maximum absolute atomic E-state index is 5.60. The third-order valence-corrected chi connectivity index (χ3v) is 3.61. The lowest BCUT2D eigenvalue weighted by atomic mass is 10.1. The zero-order chi connectivity index (χ0) is 12.3. The summed E-state index contributed by atoms with van der Waals surface area (Å²) in [5.74, 6) is 0. The summed E-state index contributed by atoms with van der Waals surface area (Å²) < 4.78 is 0. The molecule has 98 valence electrons. The van der Waals surface area contributed by atoms with Gasteiger partial charge < -0.3 is 11.1 Å². The molecule has 0 fully saturated rings. The first-order valence-electron chi connectivity index (χ1n) is 6.78. The van der Waals surface area contributed by atoms with E-state index in [-0.39, 0.29) is 0 Å². The van der Waals surface area contributed by atoms with Gasteiger partial charge in [-0.05, 0) is 6.42 Å². The van der Waals surface area contributed by atoms with Crippen molar-refractivity contribution in [1.29, 1.82) is 0 Å². The molecule has 1 aromatic rings. The topological polar surface area (TPSA) is 50.9 Å². The van der Waals surface area contributed by atoms with Crippen LogP contribution < -0.4 is 11.1 Å². The van der Waals surface area contributed by atoms with E-state index in [0.717, 1.165) is 16.7 Å². The molecule has 0 saturated carbocycles. The first-order valence-corrected chi connectivity index (χ1v) is 7.59. The van der Waals surface area contributed by atoms with E-state index < -0.39 is 0 Å². The van der Waals surface area contributed by atoms with Crippen LogP contribution in [0, 0.1) is 0 Å². The Balaban J connectivity index is 1.84. The van der Waals surface area contributed by atoms with E-state index in [2.05, 4.69) is 17.2 Å². The van der Waals surface area contributed by atoms with Gasteiger partial charge in [-0.25, -0.2) is 4.98 Å². The molecule has 0 amide bonds. The molecule has 0 aromatic carbocycles. The Morgan fingerprint density at radius 3 is 2.35 bits per heavy atom. The molecule has 1 heterocycles. The first kappa shape index (κ1) is 14.3. The number of hydrogen-bond donors (Lipinski definition) is 2. The van der Waals surface area contributed by atoms with Gasteiger partial charge in [-0.2, -0.15) is 0 Å². The molecule has 0 saturated heterocycles. The molecular weight excluding hydrogens is 230 g/mol. The van der Waals surface area contributed by atoms with Gasteiger partial charge in [0.2, 0.25) is 0 Å². The number of hydrogen-bond acceptors (Lipinski definition) is 4. The Bertz CT molecular complexity index is 286. The molecule has 0 radical (unpaired) electrons. The number of aromatic nitrogens is 1. The maximum atomic E-state index is 5.60. The van der Waals surface area contributed by atoms with Gasteiger partial charge in [0.1, 0.15) is 5.00 Å². The van der Waals surface area contributed by atoms with Crippen LogP contribution in [0.15, 0.2) is 6.20 Å². The lowest BCUT2D eigenvalue weighted by Crippen LogP contribution is -2.00. The van der Waals surface area contributed by atoms with Crippen molar-refractivity contribution in [2.45, 2.75) is 58.3 Å². The van der Waals surface area contributed by atoms with Crippen molar-refractivity contribution in [1.82, 2.24) is 4.98 Å². The quantitative estimate of drug-likeness (QED) is 0.614.